The fourth-order valence-corrected chi connectivity index (χ4v) is 5.27. The first-order chi connectivity index (χ1) is 9.85. The van der Waals surface area contributed by atoms with Crippen LogP contribution in [0.1, 0.15) is 5.56 Å². The van der Waals surface area contributed by atoms with Crippen LogP contribution in [0.2, 0.25) is 10.0 Å². The largest absolute Gasteiger partial charge is 0.496 e. The van der Waals surface area contributed by atoms with Crippen molar-refractivity contribution >= 4 is 60.5 Å². The van der Waals surface area contributed by atoms with Gasteiger partial charge in [0.25, 0.3) is 0 Å². The van der Waals surface area contributed by atoms with E-state index in [1.807, 2.05) is 0 Å². The maximum atomic E-state index is 12.2. The molecule has 9 heteroatoms. The number of benzene rings is 1. The summed E-state index contributed by atoms with van der Waals surface area (Å²) < 4.78 is 32.8. The van der Waals surface area contributed by atoms with Crippen molar-refractivity contribution in [1.82, 2.24) is 4.72 Å². The summed E-state index contributed by atoms with van der Waals surface area (Å²) in [6.07, 6.45) is 0. The first kappa shape index (κ1) is 17.1. The van der Waals surface area contributed by atoms with Crippen molar-refractivity contribution in [1.29, 1.82) is 0 Å². The first-order valence-electron chi connectivity index (χ1n) is 5.61. The van der Waals surface area contributed by atoms with Gasteiger partial charge < -0.3 is 4.74 Å². The van der Waals surface area contributed by atoms with E-state index in [0.717, 1.165) is 11.3 Å². The molecular formula is C12H10BrCl2NO3S2. The standard InChI is InChI=1S/C12H10BrCl2NO3S2/c1-19-10-4-2-3-8(14)7(10)6-16-21(17,18)11-5-9(15)12(13)20-11/h2-5,16H,6H2,1H3. The zero-order chi connectivity index (χ0) is 15.6. The minimum Gasteiger partial charge on any atom is -0.496 e. The maximum Gasteiger partial charge on any atom is 0.250 e. The van der Waals surface area contributed by atoms with Crippen LogP contribution in [0, 0.1) is 0 Å². The lowest BCUT2D eigenvalue weighted by Crippen LogP contribution is -2.22. The SMILES string of the molecule is COc1cccc(Cl)c1CNS(=O)(=O)c1cc(Cl)c(Br)s1. The third-order valence-corrected chi connectivity index (χ3v) is 7.33. The van der Waals surface area contributed by atoms with Gasteiger partial charge in [0.05, 0.1) is 15.9 Å². The van der Waals surface area contributed by atoms with E-state index in [2.05, 4.69) is 20.7 Å². The molecule has 4 nitrogen and oxygen atoms in total. The Balaban J connectivity index is 2.23. The van der Waals surface area contributed by atoms with Crippen molar-refractivity contribution in [2.24, 2.45) is 0 Å². The summed E-state index contributed by atoms with van der Waals surface area (Å²) in [5, 5.41) is 0.790. The Hall–Kier alpha value is -0.310. The van der Waals surface area contributed by atoms with Crippen LogP contribution in [-0.4, -0.2) is 15.5 Å². The molecule has 0 atom stereocenters. The van der Waals surface area contributed by atoms with Gasteiger partial charge in [0, 0.05) is 17.1 Å². The highest BCUT2D eigenvalue weighted by Gasteiger charge is 2.20. The van der Waals surface area contributed by atoms with Crippen LogP contribution in [0.15, 0.2) is 32.3 Å². The van der Waals surface area contributed by atoms with Crippen LogP contribution in [0.3, 0.4) is 0 Å². The number of methoxy groups -OCH3 is 1. The fraction of sp³-hybridized carbons (Fsp3) is 0.167. The minimum atomic E-state index is -3.66. The van der Waals surface area contributed by atoms with Crippen LogP contribution in [-0.2, 0) is 16.6 Å². The Morgan fingerprint density at radius 1 is 1.33 bits per heavy atom. The molecule has 0 aliphatic heterocycles. The molecule has 0 saturated carbocycles. The Morgan fingerprint density at radius 2 is 2.05 bits per heavy atom. The summed E-state index contributed by atoms with van der Waals surface area (Å²) in [6.45, 7) is 0.0261. The van der Waals surface area contributed by atoms with Crippen molar-refractivity contribution in [2.45, 2.75) is 10.8 Å². The summed E-state index contributed by atoms with van der Waals surface area (Å²) >= 11 is 16.2. The predicted molar refractivity (Wildman–Crippen MR) is 89.1 cm³/mol. The monoisotopic (exact) mass is 429 g/mol. The number of hydrogen-bond donors (Lipinski definition) is 1. The van der Waals surface area contributed by atoms with E-state index in [0.29, 0.717) is 25.1 Å². The second-order valence-corrected chi connectivity index (χ2v) is 9.11. The van der Waals surface area contributed by atoms with Crippen LogP contribution < -0.4 is 9.46 Å². The molecule has 2 aromatic rings. The second-order valence-electron chi connectivity index (χ2n) is 3.93. The Bertz CT molecular complexity index is 742. The van der Waals surface area contributed by atoms with Gasteiger partial charge in [-0.2, -0.15) is 0 Å². The van der Waals surface area contributed by atoms with Gasteiger partial charge in [-0.25, -0.2) is 13.1 Å². The van der Waals surface area contributed by atoms with Gasteiger partial charge in [0.2, 0.25) is 10.0 Å². The molecule has 0 saturated heterocycles. The molecule has 0 fully saturated rings. The van der Waals surface area contributed by atoms with Crippen molar-refractivity contribution in [3.63, 3.8) is 0 Å². The zero-order valence-corrected chi connectivity index (χ0v) is 15.4. The lowest BCUT2D eigenvalue weighted by atomic mass is 10.2. The van der Waals surface area contributed by atoms with Gasteiger partial charge in [0.15, 0.2) is 0 Å². The van der Waals surface area contributed by atoms with E-state index < -0.39 is 10.0 Å². The second kappa shape index (κ2) is 6.85. The van der Waals surface area contributed by atoms with E-state index >= 15 is 0 Å². The normalized spacial score (nSPS) is 11.6. The summed E-state index contributed by atoms with van der Waals surface area (Å²) in [7, 11) is -2.16. The summed E-state index contributed by atoms with van der Waals surface area (Å²) in [5.74, 6) is 0.524. The molecule has 1 aromatic carbocycles. The number of nitrogens with one attached hydrogen (secondary N) is 1. The molecular weight excluding hydrogens is 421 g/mol. The molecule has 0 radical (unpaired) electrons. The number of thiophene rings is 1. The Kier molecular flexibility index (Phi) is 5.56. The third kappa shape index (κ3) is 3.91. The molecule has 0 aliphatic rings. The number of hydrogen-bond acceptors (Lipinski definition) is 4. The summed E-state index contributed by atoms with van der Waals surface area (Å²) in [4.78, 5) is 0. The van der Waals surface area contributed by atoms with Crippen LogP contribution in [0.4, 0.5) is 0 Å². The number of rotatable bonds is 5. The molecule has 114 valence electrons. The quantitative estimate of drug-likeness (QED) is 0.768. The Labute approximate surface area is 145 Å². The van der Waals surface area contributed by atoms with Crippen LogP contribution in [0.25, 0.3) is 0 Å². The van der Waals surface area contributed by atoms with E-state index in [1.165, 1.54) is 13.2 Å². The highest BCUT2D eigenvalue weighted by atomic mass is 79.9. The van der Waals surface area contributed by atoms with Gasteiger partial charge in [0.1, 0.15) is 9.96 Å². The fourth-order valence-electron chi connectivity index (χ4n) is 1.60. The van der Waals surface area contributed by atoms with Crippen LogP contribution >= 0.6 is 50.5 Å². The number of sulfonamides is 1. The van der Waals surface area contributed by atoms with Gasteiger partial charge in [-0.3, -0.25) is 0 Å². The molecule has 0 unspecified atom stereocenters. The predicted octanol–water partition coefficient (Wildman–Crippen LogP) is 4.30. The smallest absolute Gasteiger partial charge is 0.250 e. The molecule has 0 bridgehead atoms. The van der Waals surface area contributed by atoms with E-state index in [4.69, 9.17) is 27.9 Å². The topological polar surface area (TPSA) is 55.4 Å². The molecule has 2 rings (SSSR count). The van der Waals surface area contributed by atoms with E-state index in [-0.39, 0.29) is 10.8 Å². The number of halogens is 3. The summed E-state index contributed by atoms with van der Waals surface area (Å²) in [5.41, 5.74) is 0.576. The average molecular weight is 431 g/mol. The zero-order valence-electron chi connectivity index (χ0n) is 10.7. The van der Waals surface area contributed by atoms with Gasteiger partial charge >= 0.3 is 0 Å². The minimum absolute atomic E-state index is 0.0261. The number of ether oxygens (including phenoxy) is 1. The van der Waals surface area contributed by atoms with Gasteiger partial charge in [-0.05, 0) is 34.1 Å². The Morgan fingerprint density at radius 3 is 2.62 bits per heavy atom. The van der Waals surface area contributed by atoms with E-state index in [1.54, 1.807) is 18.2 Å². The van der Waals surface area contributed by atoms with E-state index in [9.17, 15) is 8.42 Å². The first-order valence-corrected chi connectivity index (χ1v) is 9.46. The summed E-state index contributed by atoms with van der Waals surface area (Å²) in [6, 6.07) is 6.51. The van der Waals surface area contributed by atoms with Gasteiger partial charge in [-0.1, -0.05) is 29.3 Å². The maximum absolute atomic E-state index is 12.2. The van der Waals surface area contributed by atoms with Crippen LogP contribution in [0.5, 0.6) is 5.75 Å². The molecule has 0 spiro atoms. The molecule has 1 heterocycles. The highest BCUT2D eigenvalue weighted by Crippen LogP contribution is 2.35. The molecule has 1 N–H and O–H groups in total. The average Bonchev–Trinajstić information content (AvgIpc) is 2.78. The lowest BCUT2D eigenvalue weighted by Gasteiger charge is -2.11. The molecule has 0 amide bonds. The van der Waals surface area contributed by atoms with Gasteiger partial charge in [-0.15, -0.1) is 11.3 Å². The van der Waals surface area contributed by atoms with Crippen molar-refractivity contribution < 1.29 is 13.2 Å². The highest BCUT2D eigenvalue weighted by molar-refractivity contribution is 9.11. The molecule has 1 aromatic heterocycles. The molecule has 21 heavy (non-hydrogen) atoms. The van der Waals surface area contributed by atoms with Crippen molar-refractivity contribution in [3.8, 4) is 5.75 Å². The lowest BCUT2D eigenvalue weighted by molar-refractivity contribution is 0.409. The van der Waals surface area contributed by atoms with Crippen molar-refractivity contribution in [2.75, 3.05) is 7.11 Å². The van der Waals surface area contributed by atoms with Crippen molar-refractivity contribution in [3.05, 3.63) is 43.7 Å². The third-order valence-electron chi connectivity index (χ3n) is 2.62. The molecule has 0 aliphatic carbocycles.